The van der Waals surface area contributed by atoms with E-state index in [9.17, 15) is 13.2 Å². The molecule has 0 spiro atoms. The molecule has 7 heteroatoms. The molecule has 18 heavy (non-hydrogen) atoms. The number of amides is 1. The summed E-state index contributed by atoms with van der Waals surface area (Å²) in [6.45, 7) is 1.64. The van der Waals surface area contributed by atoms with Gasteiger partial charge in [0.2, 0.25) is 0 Å². The van der Waals surface area contributed by atoms with E-state index >= 15 is 0 Å². The number of sulfone groups is 1. The largest absolute Gasteiger partial charge is 0.399 e. The molecule has 1 unspecified atom stereocenters. The third kappa shape index (κ3) is 5.88. The van der Waals surface area contributed by atoms with Crippen LogP contribution in [0.1, 0.15) is 17.3 Å². The van der Waals surface area contributed by atoms with Crippen molar-refractivity contribution in [3.8, 4) is 0 Å². The smallest absolute Gasteiger partial charge is 0.251 e. The molecule has 0 aromatic heterocycles. The predicted molar refractivity (Wildman–Crippen MR) is 74.7 cm³/mol. The Kier molecular flexibility index (Phi) is 6.14. The molecular weight excluding hydrogens is 276 g/mol. The maximum Gasteiger partial charge on any atom is 0.251 e. The molecule has 102 valence electrons. The number of halogens is 1. The second kappa shape index (κ2) is 6.61. The standard InChI is InChI=1S/C11H16N2O3S.ClH/c1-8(7-17(2,15)16)13-11(14)9-4-3-5-10(12)6-9;/h3-6,8H,7,12H2,1-2H3,(H,13,14);1H. The van der Waals surface area contributed by atoms with Crippen molar-refractivity contribution in [1.82, 2.24) is 5.32 Å². The van der Waals surface area contributed by atoms with Crippen LogP contribution in [0.4, 0.5) is 5.69 Å². The maximum atomic E-state index is 11.7. The van der Waals surface area contributed by atoms with Gasteiger partial charge in [0, 0.05) is 23.5 Å². The number of hydrogen-bond acceptors (Lipinski definition) is 4. The summed E-state index contributed by atoms with van der Waals surface area (Å²) in [5.41, 5.74) is 6.47. The fourth-order valence-electron chi connectivity index (χ4n) is 1.48. The topological polar surface area (TPSA) is 89.3 Å². The molecule has 0 saturated heterocycles. The van der Waals surface area contributed by atoms with Gasteiger partial charge in [0.05, 0.1) is 5.75 Å². The highest BCUT2D eigenvalue weighted by atomic mass is 35.5. The van der Waals surface area contributed by atoms with Crippen molar-refractivity contribution in [3.05, 3.63) is 29.8 Å². The zero-order chi connectivity index (χ0) is 13.1. The van der Waals surface area contributed by atoms with Crippen LogP contribution in [0.25, 0.3) is 0 Å². The second-order valence-corrected chi connectivity index (χ2v) is 6.28. The van der Waals surface area contributed by atoms with Crippen LogP contribution in [0.5, 0.6) is 0 Å². The van der Waals surface area contributed by atoms with Crippen molar-refractivity contribution >= 4 is 33.8 Å². The fourth-order valence-corrected chi connectivity index (χ4v) is 2.47. The van der Waals surface area contributed by atoms with Crippen molar-refractivity contribution in [2.45, 2.75) is 13.0 Å². The number of carbonyl (C=O) groups is 1. The van der Waals surface area contributed by atoms with Crippen molar-refractivity contribution in [2.75, 3.05) is 17.7 Å². The molecule has 0 aliphatic rings. The summed E-state index contributed by atoms with van der Waals surface area (Å²) in [5, 5.41) is 2.61. The second-order valence-electron chi connectivity index (χ2n) is 4.09. The first-order valence-electron chi connectivity index (χ1n) is 5.12. The summed E-state index contributed by atoms with van der Waals surface area (Å²) in [5.74, 6) is -0.408. The monoisotopic (exact) mass is 292 g/mol. The van der Waals surface area contributed by atoms with Crippen LogP contribution in [0, 0.1) is 0 Å². The summed E-state index contributed by atoms with van der Waals surface area (Å²) in [4.78, 5) is 11.7. The minimum atomic E-state index is -3.10. The summed E-state index contributed by atoms with van der Waals surface area (Å²) in [6.07, 6.45) is 1.14. The maximum absolute atomic E-state index is 11.7. The number of nitrogen functional groups attached to an aromatic ring is 1. The molecule has 1 rings (SSSR count). The van der Waals surface area contributed by atoms with Crippen LogP contribution in [-0.2, 0) is 9.84 Å². The molecule has 3 N–H and O–H groups in total. The summed E-state index contributed by atoms with van der Waals surface area (Å²) in [6, 6.07) is 6.09. The zero-order valence-corrected chi connectivity index (χ0v) is 11.8. The first kappa shape index (κ1) is 16.7. The zero-order valence-electron chi connectivity index (χ0n) is 10.2. The number of anilines is 1. The van der Waals surface area contributed by atoms with Crippen LogP contribution < -0.4 is 11.1 Å². The Morgan fingerprint density at radius 2 is 2.06 bits per heavy atom. The Bertz CT molecular complexity index is 517. The van der Waals surface area contributed by atoms with E-state index in [2.05, 4.69) is 5.32 Å². The lowest BCUT2D eigenvalue weighted by Gasteiger charge is -2.12. The highest BCUT2D eigenvalue weighted by molar-refractivity contribution is 7.90. The Balaban J connectivity index is 0.00000289. The first-order chi connectivity index (χ1) is 7.78. The third-order valence-corrected chi connectivity index (χ3v) is 3.18. The lowest BCUT2D eigenvalue weighted by molar-refractivity contribution is 0.0943. The molecule has 0 aliphatic carbocycles. The normalized spacial score (nSPS) is 12.3. The van der Waals surface area contributed by atoms with E-state index in [1.165, 1.54) is 0 Å². The Morgan fingerprint density at radius 3 is 2.56 bits per heavy atom. The van der Waals surface area contributed by atoms with Gasteiger partial charge < -0.3 is 11.1 Å². The molecule has 0 aliphatic heterocycles. The van der Waals surface area contributed by atoms with Gasteiger partial charge in [-0.15, -0.1) is 12.4 Å². The van der Waals surface area contributed by atoms with Gasteiger partial charge in [-0.3, -0.25) is 4.79 Å². The van der Waals surface area contributed by atoms with E-state index in [-0.39, 0.29) is 24.1 Å². The molecule has 1 aromatic carbocycles. The van der Waals surface area contributed by atoms with E-state index in [0.717, 1.165) is 6.26 Å². The number of nitrogens with one attached hydrogen (secondary N) is 1. The van der Waals surface area contributed by atoms with E-state index in [1.807, 2.05) is 0 Å². The Hall–Kier alpha value is -1.27. The average molecular weight is 293 g/mol. The molecule has 1 aromatic rings. The first-order valence-corrected chi connectivity index (χ1v) is 7.18. The highest BCUT2D eigenvalue weighted by Gasteiger charge is 2.14. The molecule has 1 amide bonds. The number of carbonyl (C=O) groups excluding carboxylic acids is 1. The predicted octanol–water partition coefficient (Wildman–Crippen LogP) is 0.853. The van der Waals surface area contributed by atoms with Crippen LogP contribution in [0.3, 0.4) is 0 Å². The molecule has 5 nitrogen and oxygen atoms in total. The van der Waals surface area contributed by atoms with Crippen LogP contribution in [0.2, 0.25) is 0 Å². The van der Waals surface area contributed by atoms with Gasteiger partial charge in [-0.05, 0) is 25.1 Å². The molecular formula is C11H17ClN2O3S. The van der Waals surface area contributed by atoms with Crippen molar-refractivity contribution in [3.63, 3.8) is 0 Å². The lowest BCUT2D eigenvalue weighted by Crippen LogP contribution is -2.37. The molecule has 0 heterocycles. The molecule has 0 fully saturated rings. The molecule has 1 atom stereocenters. The molecule has 0 bridgehead atoms. The van der Waals surface area contributed by atoms with Crippen LogP contribution >= 0.6 is 12.4 Å². The van der Waals surface area contributed by atoms with Crippen molar-refractivity contribution < 1.29 is 13.2 Å². The highest BCUT2D eigenvalue weighted by Crippen LogP contribution is 2.06. The van der Waals surface area contributed by atoms with E-state index in [1.54, 1.807) is 31.2 Å². The van der Waals surface area contributed by atoms with Crippen molar-refractivity contribution in [1.29, 1.82) is 0 Å². The van der Waals surface area contributed by atoms with Gasteiger partial charge in [0.15, 0.2) is 0 Å². The SMILES string of the molecule is CC(CS(C)(=O)=O)NC(=O)c1cccc(N)c1.Cl. The van der Waals surface area contributed by atoms with E-state index in [4.69, 9.17) is 5.73 Å². The van der Waals surface area contributed by atoms with Gasteiger partial charge in [0.25, 0.3) is 5.91 Å². The average Bonchev–Trinajstić information content (AvgIpc) is 2.14. The van der Waals surface area contributed by atoms with Crippen molar-refractivity contribution in [2.24, 2.45) is 0 Å². The lowest BCUT2D eigenvalue weighted by atomic mass is 10.2. The molecule has 0 saturated carbocycles. The molecule has 0 radical (unpaired) electrons. The Labute approximate surface area is 113 Å². The minimum Gasteiger partial charge on any atom is -0.399 e. The fraction of sp³-hybridized carbons (Fsp3) is 0.364. The van der Waals surface area contributed by atoms with Gasteiger partial charge in [-0.25, -0.2) is 8.42 Å². The minimum absolute atomic E-state index is 0. The number of benzene rings is 1. The van der Waals surface area contributed by atoms with E-state index in [0.29, 0.717) is 11.3 Å². The van der Waals surface area contributed by atoms with Gasteiger partial charge in [-0.1, -0.05) is 6.07 Å². The summed E-state index contributed by atoms with van der Waals surface area (Å²) < 4.78 is 22.1. The summed E-state index contributed by atoms with van der Waals surface area (Å²) >= 11 is 0. The van der Waals surface area contributed by atoms with E-state index < -0.39 is 15.9 Å². The van der Waals surface area contributed by atoms with Crippen LogP contribution in [-0.4, -0.2) is 32.4 Å². The van der Waals surface area contributed by atoms with Gasteiger partial charge >= 0.3 is 0 Å². The van der Waals surface area contributed by atoms with Gasteiger partial charge in [0.1, 0.15) is 9.84 Å². The Morgan fingerprint density at radius 1 is 1.44 bits per heavy atom. The number of hydrogen-bond donors (Lipinski definition) is 2. The summed E-state index contributed by atoms with van der Waals surface area (Å²) in [7, 11) is -3.10. The van der Waals surface area contributed by atoms with Gasteiger partial charge in [-0.2, -0.15) is 0 Å². The van der Waals surface area contributed by atoms with Crippen LogP contribution in [0.15, 0.2) is 24.3 Å². The number of rotatable bonds is 4. The quantitative estimate of drug-likeness (QED) is 0.805. The third-order valence-electron chi connectivity index (χ3n) is 2.08. The number of nitrogens with two attached hydrogens (primary N) is 1.